The average molecular weight is 303 g/mol. The van der Waals surface area contributed by atoms with E-state index in [4.69, 9.17) is 10.5 Å². The van der Waals surface area contributed by atoms with Gasteiger partial charge in [0.15, 0.2) is 6.10 Å². The van der Waals surface area contributed by atoms with Gasteiger partial charge in [0.2, 0.25) is 5.56 Å². The van der Waals surface area contributed by atoms with E-state index in [0.29, 0.717) is 10.9 Å². The van der Waals surface area contributed by atoms with Gasteiger partial charge in [-0.05, 0) is 13.0 Å². The summed E-state index contributed by atoms with van der Waals surface area (Å²) in [6.45, 7) is 1.28. The van der Waals surface area contributed by atoms with Gasteiger partial charge in [0, 0.05) is 17.0 Å². The van der Waals surface area contributed by atoms with Gasteiger partial charge in [0.1, 0.15) is 0 Å². The third-order valence-electron chi connectivity index (χ3n) is 2.87. The lowest BCUT2D eigenvalue weighted by Gasteiger charge is -2.12. The summed E-state index contributed by atoms with van der Waals surface area (Å²) in [5.74, 6) is -1.70. The number of primary amides is 1. The first-order chi connectivity index (χ1) is 10.4. The first-order valence-corrected chi connectivity index (χ1v) is 6.32. The second kappa shape index (κ2) is 6.08. The summed E-state index contributed by atoms with van der Waals surface area (Å²) in [5.41, 5.74) is 4.83. The third-order valence-corrected chi connectivity index (χ3v) is 2.87. The van der Waals surface area contributed by atoms with E-state index in [1.807, 2.05) is 0 Å². The van der Waals surface area contributed by atoms with Gasteiger partial charge >= 0.3 is 12.0 Å². The van der Waals surface area contributed by atoms with Crippen LogP contribution in [0.2, 0.25) is 0 Å². The number of nitrogens with two attached hydrogens (primary N) is 1. The number of esters is 1. The van der Waals surface area contributed by atoms with Crippen LogP contribution in [0, 0.1) is 0 Å². The number of aromatic amines is 1. The Morgan fingerprint density at radius 1 is 1.27 bits per heavy atom. The van der Waals surface area contributed by atoms with Gasteiger partial charge in [0.05, 0.1) is 5.56 Å². The molecule has 0 aliphatic carbocycles. The van der Waals surface area contributed by atoms with Crippen molar-refractivity contribution in [1.82, 2.24) is 10.3 Å². The fourth-order valence-electron chi connectivity index (χ4n) is 1.87. The maximum Gasteiger partial charge on any atom is 0.339 e. The van der Waals surface area contributed by atoms with Crippen molar-refractivity contribution in [2.24, 2.45) is 5.73 Å². The zero-order chi connectivity index (χ0) is 16.3. The van der Waals surface area contributed by atoms with Crippen LogP contribution in [0.25, 0.3) is 10.9 Å². The highest BCUT2D eigenvalue weighted by Gasteiger charge is 2.21. The molecule has 3 amide bonds. The van der Waals surface area contributed by atoms with E-state index in [2.05, 4.69) is 4.98 Å². The Morgan fingerprint density at radius 3 is 2.64 bits per heavy atom. The number of para-hydroxylation sites is 1. The molecule has 1 unspecified atom stereocenters. The van der Waals surface area contributed by atoms with Crippen molar-refractivity contribution in [1.29, 1.82) is 0 Å². The molecule has 0 aliphatic heterocycles. The lowest BCUT2D eigenvalue weighted by molar-refractivity contribution is -0.127. The lowest BCUT2D eigenvalue weighted by atomic mass is 10.1. The number of amides is 3. The number of hydrogen-bond acceptors (Lipinski definition) is 5. The number of H-pyrrole nitrogens is 1. The number of rotatable bonds is 3. The van der Waals surface area contributed by atoms with Crippen molar-refractivity contribution in [2.75, 3.05) is 0 Å². The minimum Gasteiger partial charge on any atom is -0.449 e. The first-order valence-electron chi connectivity index (χ1n) is 6.32. The van der Waals surface area contributed by atoms with E-state index in [-0.39, 0.29) is 5.56 Å². The van der Waals surface area contributed by atoms with Crippen molar-refractivity contribution in [3.05, 3.63) is 46.2 Å². The minimum absolute atomic E-state index is 0.0260. The van der Waals surface area contributed by atoms with Gasteiger partial charge in [-0.15, -0.1) is 0 Å². The molecule has 0 aliphatic rings. The van der Waals surface area contributed by atoms with E-state index >= 15 is 0 Å². The Bertz CT molecular complexity index is 811. The fraction of sp³-hybridized carbons (Fsp3) is 0.143. The van der Waals surface area contributed by atoms with Crippen LogP contribution in [0.4, 0.5) is 4.79 Å². The summed E-state index contributed by atoms with van der Waals surface area (Å²) in [4.78, 5) is 48.4. The van der Waals surface area contributed by atoms with Crippen LogP contribution in [0.1, 0.15) is 17.3 Å². The number of benzene rings is 1. The number of carbonyl (C=O) groups excluding carboxylic acids is 3. The number of carbonyl (C=O) groups is 3. The van der Waals surface area contributed by atoms with Crippen molar-refractivity contribution < 1.29 is 19.1 Å². The predicted molar refractivity (Wildman–Crippen MR) is 77.2 cm³/mol. The molecule has 1 aromatic heterocycles. The molecule has 114 valence electrons. The Labute approximate surface area is 124 Å². The zero-order valence-electron chi connectivity index (χ0n) is 11.6. The van der Waals surface area contributed by atoms with Gasteiger partial charge < -0.3 is 15.5 Å². The van der Waals surface area contributed by atoms with Gasteiger partial charge in [0.25, 0.3) is 5.91 Å². The number of hydrogen-bond donors (Lipinski definition) is 3. The van der Waals surface area contributed by atoms with Crippen LogP contribution in [-0.2, 0) is 9.53 Å². The average Bonchev–Trinajstić information content (AvgIpc) is 2.45. The van der Waals surface area contributed by atoms with Crippen molar-refractivity contribution in [3.63, 3.8) is 0 Å². The molecule has 8 nitrogen and oxygen atoms in total. The summed E-state index contributed by atoms with van der Waals surface area (Å²) in [6, 6.07) is 6.71. The highest BCUT2D eigenvalue weighted by atomic mass is 16.5. The summed E-state index contributed by atoms with van der Waals surface area (Å²) in [5, 5.41) is 2.28. The Kier molecular flexibility index (Phi) is 4.21. The summed E-state index contributed by atoms with van der Waals surface area (Å²) in [7, 11) is 0. The van der Waals surface area contributed by atoms with E-state index in [1.165, 1.54) is 6.92 Å². The topological polar surface area (TPSA) is 131 Å². The molecular formula is C14H13N3O5. The van der Waals surface area contributed by atoms with Crippen LogP contribution in [0.15, 0.2) is 35.1 Å². The summed E-state index contributed by atoms with van der Waals surface area (Å²) >= 11 is 0. The molecular weight excluding hydrogens is 290 g/mol. The normalized spacial score (nSPS) is 11.7. The zero-order valence-corrected chi connectivity index (χ0v) is 11.6. The number of urea groups is 1. The van der Waals surface area contributed by atoms with Crippen molar-refractivity contribution >= 4 is 28.8 Å². The van der Waals surface area contributed by atoms with Crippen molar-refractivity contribution in [3.8, 4) is 0 Å². The van der Waals surface area contributed by atoms with Crippen LogP contribution < -0.4 is 16.6 Å². The molecule has 8 heteroatoms. The summed E-state index contributed by atoms with van der Waals surface area (Å²) in [6.07, 6.45) is -1.24. The smallest absolute Gasteiger partial charge is 0.339 e. The van der Waals surface area contributed by atoms with E-state index < -0.39 is 29.6 Å². The molecule has 0 saturated heterocycles. The Balaban J connectivity index is 2.28. The monoisotopic (exact) mass is 303 g/mol. The molecule has 2 rings (SSSR count). The number of pyridine rings is 1. The quantitative estimate of drug-likeness (QED) is 0.700. The highest BCUT2D eigenvalue weighted by molar-refractivity contribution is 6.04. The molecule has 4 N–H and O–H groups in total. The van der Waals surface area contributed by atoms with Crippen molar-refractivity contribution in [2.45, 2.75) is 13.0 Å². The van der Waals surface area contributed by atoms with Crippen LogP contribution in [-0.4, -0.2) is 29.0 Å². The number of aromatic nitrogens is 1. The molecule has 22 heavy (non-hydrogen) atoms. The predicted octanol–water partition coefficient (Wildman–Crippen LogP) is 0.268. The molecule has 1 atom stereocenters. The van der Waals surface area contributed by atoms with Gasteiger partial charge in [-0.3, -0.25) is 14.9 Å². The number of ether oxygens (including phenoxy) is 1. The maximum absolute atomic E-state index is 12.1. The van der Waals surface area contributed by atoms with Crippen LogP contribution >= 0.6 is 0 Å². The molecule has 1 aromatic carbocycles. The molecule has 0 radical (unpaired) electrons. The SMILES string of the molecule is CC(OC(=O)c1cc(=O)[nH]c2ccccc12)C(=O)NC(N)=O. The number of nitrogens with one attached hydrogen (secondary N) is 2. The second-order valence-corrected chi connectivity index (χ2v) is 4.49. The molecule has 0 saturated carbocycles. The van der Waals surface area contributed by atoms with Crippen LogP contribution in [0.3, 0.4) is 0 Å². The third kappa shape index (κ3) is 3.29. The summed E-state index contributed by atoms with van der Waals surface area (Å²) < 4.78 is 4.95. The fourth-order valence-corrected chi connectivity index (χ4v) is 1.87. The Morgan fingerprint density at radius 2 is 1.95 bits per heavy atom. The van der Waals surface area contributed by atoms with Gasteiger partial charge in [-0.25, -0.2) is 9.59 Å². The number of imide groups is 1. The highest BCUT2D eigenvalue weighted by Crippen LogP contribution is 2.16. The van der Waals surface area contributed by atoms with Crippen LogP contribution in [0.5, 0.6) is 0 Å². The Hall–Kier alpha value is -3.16. The van der Waals surface area contributed by atoms with Gasteiger partial charge in [-0.1, -0.05) is 18.2 Å². The molecule has 2 aromatic rings. The van der Waals surface area contributed by atoms with E-state index in [1.54, 1.807) is 29.6 Å². The van der Waals surface area contributed by atoms with Gasteiger partial charge in [-0.2, -0.15) is 0 Å². The van der Waals surface area contributed by atoms with E-state index in [9.17, 15) is 19.2 Å². The molecule has 0 fully saturated rings. The minimum atomic E-state index is -1.24. The molecule has 0 spiro atoms. The standard InChI is InChI=1S/C14H13N3O5/c1-7(12(19)17-14(15)21)22-13(20)9-6-11(18)16-10-5-3-2-4-8(9)10/h2-7H,1H3,(H,16,18)(H3,15,17,19,21). The largest absolute Gasteiger partial charge is 0.449 e. The first kappa shape index (κ1) is 15.2. The molecule has 0 bridgehead atoms. The molecule has 1 heterocycles. The lowest BCUT2D eigenvalue weighted by Crippen LogP contribution is -2.42. The number of fused-ring (bicyclic) bond motifs is 1. The van der Waals surface area contributed by atoms with E-state index in [0.717, 1.165) is 6.07 Å². The maximum atomic E-state index is 12.1. The second-order valence-electron chi connectivity index (χ2n) is 4.49.